The Balaban J connectivity index is -0.00000147. The quantitative estimate of drug-likeness (QED) is 0.399. The smallest absolute Gasteiger partial charge is 0.328 e. The molecule has 0 aliphatic carbocycles. The number of aromatic amines is 1. The number of nitrogens with zero attached hydrogens (tertiary/aromatic N) is 1. The summed E-state index contributed by atoms with van der Waals surface area (Å²) in [5.74, 6) is 0. The fourth-order valence-electron chi connectivity index (χ4n) is 1.97. The van der Waals surface area contributed by atoms with Crippen molar-refractivity contribution in [1.82, 2.24) is 20.2 Å². The van der Waals surface area contributed by atoms with Gasteiger partial charge in [0.25, 0.3) is 5.56 Å². The highest BCUT2D eigenvalue weighted by molar-refractivity contribution is 5.86. The number of rotatable bonds is 11. The Bertz CT molecular complexity index is 522. The van der Waals surface area contributed by atoms with Gasteiger partial charge < -0.3 is 20.9 Å². The highest BCUT2D eigenvalue weighted by atomic mass is 35.5. The summed E-state index contributed by atoms with van der Waals surface area (Å²) < 4.78 is 1.55. The minimum atomic E-state index is -0.338. The molecule has 1 heterocycles. The molecule has 0 fully saturated rings. The highest BCUT2D eigenvalue weighted by Crippen LogP contribution is 1.88. The molecule has 0 unspecified atom stereocenters. The molecule has 1 aromatic heterocycles. The van der Waals surface area contributed by atoms with E-state index in [-0.39, 0.29) is 48.5 Å². The molecule has 0 saturated carbocycles. The standard InChI is InChI=1S/C14H27N5O2.3ClH/c1-12-11-19(14(21)18-13(12)20)10-4-9-17-8-3-7-16-6-2-5-15;;;/h11,16-17H,2-10,15H2,1H3,(H,18,20,21);3*1H. The topological polar surface area (TPSA) is 105 Å². The number of nitrogens with two attached hydrogens (primary N) is 1. The summed E-state index contributed by atoms with van der Waals surface area (Å²) in [6.45, 7) is 6.82. The van der Waals surface area contributed by atoms with Gasteiger partial charge in [0.2, 0.25) is 0 Å². The van der Waals surface area contributed by atoms with Crippen LogP contribution in [0.2, 0.25) is 0 Å². The minimum absolute atomic E-state index is 0. The average Bonchev–Trinajstić information content (AvgIpc) is 2.46. The van der Waals surface area contributed by atoms with Crippen LogP contribution in [0.5, 0.6) is 0 Å². The van der Waals surface area contributed by atoms with E-state index in [4.69, 9.17) is 5.73 Å². The first-order valence-corrected chi connectivity index (χ1v) is 7.57. The lowest BCUT2D eigenvalue weighted by Gasteiger charge is -2.08. The zero-order chi connectivity index (χ0) is 15.5. The van der Waals surface area contributed by atoms with Gasteiger partial charge >= 0.3 is 5.69 Å². The Hall–Kier alpha value is -0.570. The molecule has 7 nitrogen and oxygen atoms in total. The number of hydrogen-bond acceptors (Lipinski definition) is 5. The first-order chi connectivity index (χ1) is 10.1. The number of nitrogens with one attached hydrogen (secondary N) is 3. The van der Waals surface area contributed by atoms with E-state index in [1.807, 2.05) is 0 Å². The molecular formula is C14H30Cl3N5O2. The Kier molecular flexibility index (Phi) is 20.3. The first kappa shape index (κ1) is 28.2. The molecular weight excluding hydrogens is 377 g/mol. The maximum absolute atomic E-state index is 11.6. The lowest BCUT2D eigenvalue weighted by molar-refractivity contribution is 0.540. The molecule has 1 aromatic rings. The molecule has 144 valence electrons. The fourth-order valence-corrected chi connectivity index (χ4v) is 1.97. The van der Waals surface area contributed by atoms with Crippen LogP contribution in [0.15, 0.2) is 15.8 Å². The van der Waals surface area contributed by atoms with Gasteiger partial charge in [-0.25, -0.2) is 4.79 Å². The normalized spacial score (nSPS) is 9.58. The predicted octanol–water partition coefficient (Wildman–Crippen LogP) is 0.419. The number of halogens is 3. The largest absolute Gasteiger partial charge is 0.330 e. The van der Waals surface area contributed by atoms with Gasteiger partial charge in [-0.1, -0.05) is 0 Å². The van der Waals surface area contributed by atoms with Gasteiger partial charge in [-0.2, -0.15) is 0 Å². The first-order valence-electron chi connectivity index (χ1n) is 7.57. The second-order valence-corrected chi connectivity index (χ2v) is 5.11. The lowest BCUT2D eigenvalue weighted by atomic mass is 10.3. The van der Waals surface area contributed by atoms with Crippen LogP contribution in [0.3, 0.4) is 0 Å². The van der Waals surface area contributed by atoms with E-state index >= 15 is 0 Å². The molecule has 10 heteroatoms. The second kappa shape index (κ2) is 17.3. The molecule has 0 saturated heterocycles. The van der Waals surface area contributed by atoms with Crippen molar-refractivity contribution >= 4 is 37.2 Å². The molecule has 5 N–H and O–H groups in total. The van der Waals surface area contributed by atoms with Crippen molar-refractivity contribution < 1.29 is 0 Å². The Morgan fingerprint density at radius 2 is 1.54 bits per heavy atom. The van der Waals surface area contributed by atoms with Gasteiger partial charge in [-0.3, -0.25) is 9.78 Å². The van der Waals surface area contributed by atoms with Crippen molar-refractivity contribution in [3.05, 3.63) is 32.6 Å². The van der Waals surface area contributed by atoms with E-state index in [9.17, 15) is 9.59 Å². The third-order valence-electron chi connectivity index (χ3n) is 3.21. The van der Waals surface area contributed by atoms with E-state index < -0.39 is 0 Å². The van der Waals surface area contributed by atoms with Crippen LogP contribution in [0.25, 0.3) is 0 Å². The van der Waals surface area contributed by atoms with E-state index in [1.54, 1.807) is 17.7 Å². The summed E-state index contributed by atoms with van der Waals surface area (Å²) >= 11 is 0. The highest BCUT2D eigenvalue weighted by Gasteiger charge is 2.00. The van der Waals surface area contributed by atoms with Crippen molar-refractivity contribution in [2.75, 3.05) is 32.7 Å². The molecule has 0 bridgehead atoms. The third kappa shape index (κ3) is 11.9. The summed E-state index contributed by atoms with van der Waals surface area (Å²) in [7, 11) is 0. The van der Waals surface area contributed by atoms with Gasteiger partial charge in [-0.15, -0.1) is 37.2 Å². The number of H-pyrrole nitrogens is 1. The fraction of sp³-hybridized carbons (Fsp3) is 0.714. The molecule has 0 amide bonds. The molecule has 0 radical (unpaired) electrons. The van der Waals surface area contributed by atoms with E-state index in [0.29, 0.717) is 12.1 Å². The Labute approximate surface area is 161 Å². The summed E-state index contributed by atoms with van der Waals surface area (Å²) in [6.07, 6.45) is 4.55. The van der Waals surface area contributed by atoms with Crippen LogP contribution in [0, 0.1) is 6.92 Å². The van der Waals surface area contributed by atoms with Crippen LogP contribution in [-0.2, 0) is 6.54 Å². The maximum Gasteiger partial charge on any atom is 0.328 e. The predicted molar refractivity (Wildman–Crippen MR) is 106 cm³/mol. The molecule has 0 spiro atoms. The Morgan fingerprint density at radius 3 is 2.12 bits per heavy atom. The molecule has 0 aliphatic rings. The number of aromatic nitrogens is 2. The average molecular weight is 407 g/mol. The summed E-state index contributed by atoms with van der Waals surface area (Å²) in [5, 5.41) is 6.66. The van der Waals surface area contributed by atoms with Crippen LogP contribution in [0.4, 0.5) is 0 Å². The SMILES string of the molecule is Cc1cn(CCCNCCCNCCCN)c(=O)[nH]c1=O.Cl.Cl.Cl. The molecule has 0 atom stereocenters. The van der Waals surface area contributed by atoms with E-state index in [1.165, 1.54) is 0 Å². The second-order valence-electron chi connectivity index (χ2n) is 5.11. The van der Waals surface area contributed by atoms with Crippen molar-refractivity contribution in [1.29, 1.82) is 0 Å². The summed E-state index contributed by atoms with van der Waals surface area (Å²) in [5.41, 5.74) is 5.32. The Morgan fingerprint density at radius 1 is 1.00 bits per heavy atom. The zero-order valence-corrected chi connectivity index (χ0v) is 16.5. The minimum Gasteiger partial charge on any atom is -0.330 e. The molecule has 0 aromatic carbocycles. The van der Waals surface area contributed by atoms with Crippen molar-refractivity contribution in [2.45, 2.75) is 32.7 Å². The van der Waals surface area contributed by atoms with Gasteiger partial charge in [0.1, 0.15) is 0 Å². The third-order valence-corrected chi connectivity index (χ3v) is 3.21. The van der Waals surface area contributed by atoms with Crippen LogP contribution in [0.1, 0.15) is 24.8 Å². The van der Waals surface area contributed by atoms with Crippen LogP contribution in [-0.4, -0.2) is 42.3 Å². The van der Waals surface area contributed by atoms with E-state index in [0.717, 1.165) is 52.0 Å². The van der Waals surface area contributed by atoms with Crippen molar-refractivity contribution in [2.24, 2.45) is 5.73 Å². The van der Waals surface area contributed by atoms with Gasteiger partial charge in [0.15, 0.2) is 0 Å². The monoisotopic (exact) mass is 405 g/mol. The van der Waals surface area contributed by atoms with Gasteiger partial charge in [0, 0.05) is 18.3 Å². The van der Waals surface area contributed by atoms with Gasteiger partial charge in [-0.05, 0) is 58.9 Å². The number of hydrogen-bond donors (Lipinski definition) is 4. The number of aryl methyl sites for hydroxylation is 2. The zero-order valence-electron chi connectivity index (χ0n) is 14.0. The van der Waals surface area contributed by atoms with Crippen molar-refractivity contribution in [3.63, 3.8) is 0 Å². The summed E-state index contributed by atoms with van der Waals surface area (Å²) in [6, 6.07) is 0. The molecule has 24 heavy (non-hydrogen) atoms. The van der Waals surface area contributed by atoms with Crippen molar-refractivity contribution in [3.8, 4) is 0 Å². The van der Waals surface area contributed by atoms with Crippen LogP contribution >= 0.6 is 37.2 Å². The van der Waals surface area contributed by atoms with E-state index in [2.05, 4.69) is 15.6 Å². The van der Waals surface area contributed by atoms with Gasteiger partial charge in [0.05, 0.1) is 0 Å². The molecule has 1 rings (SSSR count). The lowest BCUT2D eigenvalue weighted by Crippen LogP contribution is -2.31. The maximum atomic E-state index is 11.6. The summed E-state index contributed by atoms with van der Waals surface area (Å²) in [4.78, 5) is 25.1. The van der Waals surface area contributed by atoms with Crippen LogP contribution < -0.4 is 27.6 Å². The molecule has 0 aliphatic heterocycles.